The molecule has 0 saturated carbocycles. The largest absolute Gasteiger partial charge is 0.395 e. The second-order valence-corrected chi connectivity index (χ2v) is 7.06. The molecule has 1 fully saturated rings. The smallest absolute Gasteiger partial charge is 0.147 e. The third-order valence-corrected chi connectivity index (χ3v) is 4.08. The van der Waals surface area contributed by atoms with Crippen LogP contribution < -0.4 is 5.32 Å². The van der Waals surface area contributed by atoms with Crippen molar-refractivity contribution in [2.24, 2.45) is 0 Å². The first-order valence-corrected chi connectivity index (χ1v) is 8.31. The van der Waals surface area contributed by atoms with Crippen LogP contribution in [0.3, 0.4) is 0 Å². The Morgan fingerprint density at radius 3 is 2.71 bits per heavy atom. The molecular weight excluding hydrogens is 240 g/mol. The molecule has 102 valence electrons. The van der Waals surface area contributed by atoms with E-state index in [0.29, 0.717) is 19.0 Å². The summed E-state index contributed by atoms with van der Waals surface area (Å²) >= 11 is 0. The molecule has 1 rings (SSSR count). The fourth-order valence-corrected chi connectivity index (χ4v) is 2.86. The fraction of sp³-hybridized carbons (Fsp3) is 1.00. The quantitative estimate of drug-likeness (QED) is 0.617. The van der Waals surface area contributed by atoms with Crippen molar-refractivity contribution in [2.45, 2.75) is 25.3 Å². The summed E-state index contributed by atoms with van der Waals surface area (Å²) in [7, 11) is -2.87. The first kappa shape index (κ1) is 14.9. The van der Waals surface area contributed by atoms with Gasteiger partial charge >= 0.3 is 0 Å². The van der Waals surface area contributed by atoms with Gasteiger partial charge < -0.3 is 10.4 Å². The summed E-state index contributed by atoms with van der Waals surface area (Å²) in [6, 6.07) is 0.500. The predicted octanol–water partition coefficient (Wildman–Crippen LogP) is -0.533. The van der Waals surface area contributed by atoms with E-state index in [1.54, 1.807) is 0 Å². The van der Waals surface area contributed by atoms with Crippen molar-refractivity contribution in [1.29, 1.82) is 0 Å². The van der Waals surface area contributed by atoms with Crippen molar-refractivity contribution < 1.29 is 13.5 Å². The Morgan fingerprint density at radius 1 is 1.41 bits per heavy atom. The second kappa shape index (κ2) is 7.31. The number of nitrogens with zero attached hydrogens (tertiary/aromatic N) is 1. The molecule has 1 heterocycles. The third kappa shape index (κ3) is 6.98. The number of sulfone groups is 1. The van der Waals surface area contributed by atoms with Gasteiger partial charge in [-0.15, -0.1) is 0 Å². The number of aliphatic hydroxyl groups excluding tert-OH is 1. The number of rotatable bonds is 8. The Hall–Kier alpha value is -0.170. The summed E-state index contributed by atoms with van der Waals surface area (Å²) in [5.41, 5.74) is 0. The SMILES string of the molecule is CS(=O)(=O)CCCN(CCO)CC1CCCN1. The van der Waals surface area contributed by atoms with Crippen LogP contribution in [0.5, 0.6) is 0 Å². The van der Waals surface area contributed by atoms with E-state index in [1.165, 1.54) is 19.1 Å². The summed E-state index contributed by atoms with van der Waals surface area (Å²) < 4.78 is 22.1. The van der Waals surface area contributed by atoms with Crippen molar-refractivity contribution in [3.8, 4) is 0 Å². The van der Waals surface area contributed by atoms with Crippen LogP contribution in [0.15, 0.2) is 0 Å². The molecule has 1 unspecified atom stereocenters. The summed E-state index contributed by atoms with van der Waals surface area (Å²) in [6.07, 6.45) is 4.29. The molecule has 0 amide bonds. The van der Waals surface area contributed by atoms with Gasteiger partial charge in [-0.2, -0.15) is 0 Å². The lowest BCUT2D eigenvalue weighted by Gasteiger charge is -2.24. The van der Waals surface area contributed by atoms with E-state index >= 15 is 0 Å². The average Bonchev–Trinajstić information content (AvgIpc) is 2.68. The highest BCUT2D eigenvalue weighted by molar-refractivity contribution is 7.90. The standard InChI is InChI=1S/C11H24N2O3S/c1-17(15,16)9-3-6-13(7-8-14)10-11-4-2-5-12-11/h11-12,14H,2-10H2,1H3. The van der Waals surface area contributed by atoms with Gasteiger partial charge in [0.25, 0.3) is 0 Å². The van der Waals surface area contributed by atoms with Gasteiger partial charge in [-0.1, -0.05) is 0 Å². The molecule has 6 heteroatoms. The third-order valence-electron chi connectivity index (χ3n) is 3.05. The Balaban J connectivity index is 2.26. The molecule has 0 radical (unpaired) electrons. The maximum atomic E-state index is 11.0. The van der Waals surface area contributed by atoms with Crippen LogP contribution in [-0.2, 0) is 9.84 Å². The molecule has 0 aliphatic carbocycles. The van der Waals surface area contributed by atoms with Gasteiger partial charge in [0.2, 0.25) is 0 Å². The molecule has 5 nitrogen and oxygen atoms in total. The summed E-state index contributed by atoms with van der Waals surface area (Å²) in [4.78, 5) is 2.15. The van der Waals surface area contributed by atoms with Crippen molar-refractivity contribution >= 4 is 9.84 Å². The van der Waals surface area contributed by atoms with Crippen molar-refractivity contribution in [1.82, 2.24) is 10.2 Å². The van der Waals surface area contributed by atoms with Crippen molar-refractivity contribution in [3.05, 3.63) is 0 Å². The van der Waals surface area contributed by atoms with Crippen LogP contribution in [0.1, 0.15) is 19.3 Å². The van der Waals surface area contributed by atoms with E-state index in [0.717, 1.165) is 19.6 Å². The maximum Gasteiger partial charge on any atom is 0.147 e. The molecule has 0 aromatic carbocycles. The molecule has 1 aliphatic heterocycles. The minimum atomic E-state index is -2.87. The van der Waals surface area contributed by atoms with E-state index in [4.69, 9.17) is 5.11 Å². The predicted molar refractivity (Wildman–Crippen MR) is 68.9 cm³/mol. The van der Waals surface area contributed by atoms with Crippen molar-refractivity contribution in [2.75, 3.05) is 44.8 Å². The van der Waals surface area contributed by atoms with E-state index in [2.05, 4.69) is 10.2 Å². The molecule has 17 heavy (non-hydrogen) atoms. The lowest BCUT2D eigenvalue weighted by molar-refractivity contribution is 0.185. The van der Waals surface area contributed by atoms with Crippen LogP contribution in [0.2, 0.25) is 0 Å². The van der Waals surface area contributed by atoms with E-state index in [1.807, 2.05) is 0 Å². The van der Waals surface area contributed by atoms with Gasteiger partial charge in [0.15, 0.2) is 0 Å². The van der Waals surface area contributed by atoms with Crippen molar-refractivity contribution in [3.63, 3.8) is 0 Å². The monoisotopic (exact) mass is 264 g/mol. The Kier molecular flexibility index (Phi) is 6.40. The summed E-state index contributed by atoms with van der Waals surface area (Å²) in [5.74, 6) is 0.229. The average molecular weight is 264 g/mol. The number of hydrogen-bond acceptors (Lipinski definition) is 5. The minimum Gasteiger partial charge on any atom is -0.395 e. The van der Waals surface area contributed by atoms with E-state index in [-0.39, 0.29) is 12.4 Å². The molecule has 0 aromatic heterocycles. The molecule has 2 N–H and O–H groups in total. The first-order chi connectivity index (χ1) is 8.01. The Labute approximate surface area is 104 Å². The van der Waals surface area contributed by atoms with E-state index in [9.17, 15) is 8.42 Å². The number of hydrogen-bond donors (Lipinski definition) is 2. The molecule has 0 bridgehead atoms. The number of nitrogens with one attached hydrogen (secondary N) is 1. The highest BCUT2D eigenvalue weighted by Crippen LogP contribution is 2.07. The molecule has 1 atom stereocenters. The molecule has 0 aromatic rings. The zero-order chi connectivity index (χ0) is 12.7. The summed E-state index contributed by atoms with van der Waals surface area (Å²) in [6.45, 7) is 3.48. The lowest BCUT2D eigenvalue weighted by atomic mass is 10.2. The van der Waals surface area contributed by atoms with Crippen LogP contribution >= 0.6 is 0 Å². The number of aliphatic hydroxyl groups is 1. The normalized spacial score (nSPS) is 21.2. The van der Waals surface area contributed by atoms with Crippen LogP contribution in [0.25, 0.3) is 0 Å². The zero-order valence-corrected chi connectivity index (χ0v) is 11.4. The highest BCUT2D eigenvalue weighted by atomic mass is 32.2. The van der Waals surface area contributed by atoms with Crippen LogP contribution in [0, 0.1) is 0 Å². The Morgan fingerprint density at radius 2 is 2.18 bits per heavy atom. The lowest BCUT2D eigenvalue weighted by Crippen LogP contribution is -2.39. The van der Waals surface area contributed by atoms with Crippen LogP contribution in [-0.4, -0.2) is 69.3 Å². The summed E-state index contributed by atoms with van der Waals surface area (Å²) in [5, 5.41) is 12.4. The molecule has 0 spiro atoms. The van der Waals surface area contributed by atoms with Gasteiger partial charge in [-0.25, -0.2) is 8.42 Å². The second-order valence-electron chi connectivity index (χ2n) is 4.80. The Bertz CT molecular complexity index is 300. The molecular formula is C11H24N2O3S. The van der Waals surface area contributed by atoms with Crippen LogP contribution in [0.4, 0.5) is 0 Å². The zero-order valence-electron chi connectivity index (χ0n) is 10.6. The van der Waals surface area contributed by atoms with E-state index < -0.39 is 9.84 Å². The highest BCUT2D eigenvalue weighted by Gasteiger charge is 2.17. The van der Waals surface area contributed by atoms with Gasteiger partial charge in [-0.3, -0.25) is 4.90 Å². The van der Waals surface area contributed by atoms with Gasteiger partial charge in [0, 0.05) is 25.4 Å². The minimum absolute atomic E-state index is 0.131. The molecule has 1 saturated heterocycles. The first-order valence-electron chi connectivity index (χ1n) is 6.25. The maximum absolute atomic E-state index is 11.0. The topological polar surface area (TPSA) is 69.6 Å². The van der Waals surface area contributed by atoms with Gasteiger partial charge in [0.05, 0.1) is 12.4 Å². The fourth-order valence-electron chi connectivity index (χ4n) is 2.21. The molecule has 1 aliphatic rings. The van der Waals surface area contributed by atoms with Gasteiger partial charge in [0.1, 0.15) is 9.84 Å². The van der Waals surface area contributed by atoms with Gasteiger partial charge in [-0.05, 0) is 32.4 Å².